The smallest absolute Gasteiger partial charge is 0.0607 e. The predicted molar refractivity (Wildman–Crippen MR) is 150 cm³/mol. The maximum absolute atomic E-state index is 4.82. The molecule has 2 N–H and O–H groups in total. The summed E-state index contributed by atoms with van der Waals surface area (Å²) in [6.45, 7) is 10.2. The standard InChI is InChI=1S/C29H39N5.BrH/c1-23(2)19-30-17-18-34(28-10-5-7-26-8-6-16-33-29(26)28)22-25-13-11-24(12-14-25)20-31-21-27-9-3-4-15-32-27;/h3-4,6,8-9,11-16,23,28,30-31H,5,7,10,17-22H2,1-2H3;1H. The van der Waals surface area contributed by atoms with Gasteiger partial charge in [-0.2, -0.15) is 0 Å². The van der Waals surface area contributed by atoms with Crippen molar-refractivity contribution < 1.29 is 0 Å². The average molecular weight is 539 g/mol. The molecule has 4 rings (SSSR count). The summed E-state index contributed by atoms with van der Waals surface area (Å²) in [5.41, 5.74) is 6.44. The summed E-state index contributed by atoms with van der Waals surface area (Å²) in [4.78, 5) is 11.8. The van der Waals surface area contributed by atoms with E-state index < -0.39 is 0 Å². The zero-order valence-corrected chi connectivity index (χ0v) is 22.8. The highest BCUT2D eigenvalue weighted by atomic mass is 79.9. The maximum atomic E-state index is 4.82. The molecule has 0 saturated carbocycles. The van der Waals surface area contributed by atoms with E-state index in [0.29, 0.717) is 12.0 Å². The molecule has 2 aromatic heterocycles. The summed E-state index contributed by atoms with van der Waals surface area (Å²) >= 11 is 0. The van der Waals surface area contributed by atoms with Gasteiger partial charge < -0.3 is 10.6 Å². The number of aromatic nitrogens is 2. The van der Waals surface area contributed by atoms with E-state index in [1.807, 2.05) is 24.5 Å². The molecular formula is C29H40BrN5. The lowest BCUT2D eigenvalue weighted by Crippen LogP contribution is -2.37. The van der Waals surface area contributed by atoms with Crippen LogP contribution in [0.5, 0.6) is 0 Å². The zero-order chi connectivity index (χ0) is 23.6. The molecule has 0 radical (unpaired) electrons. The summed E-state index contributed by atoms with van der Waals surface area (Å²) < 4.78 is 0. The Morgan fingerprint density at radius 3 is 2.49 bits per heavy atom. The first kappa shape index (κ1) is 27.5. The second-order valence-corrected chi connectivity index (χ2v) is 9.77. The van der Waals surface area contributed by atoms with Gasteiger partial charge in [0.05, 0.1) is 17.4 Å². The largest absolute Gasteiger partial charge is 0.315 e. The van der Waals surface area contributed by atoms with Gasteiger partial charge in [-0.3, -0.25) is 14.9 Å². The molecule has 5 nitrogen and oxygen atoms in total. The third-order valence-electron chi connectivity index (χ3n) is 6.50. The van der Waals surface area contributed by atoms with Gasteiger partial charge in [0.1, 0.15) is 0 Å². The number of nitrogens with one attached hydrogen (secondary N) is 2. The van der Waals surface area contributed by atoms with Crippen molar-refractivity contribution in [3.05, 3.63) is 95.1 Å². The minimum atomic E-state index is 0. The highest BCUT2D eigenvalue weighted by Crippen LogP contribution is 2.33. The van der Waals surface area contributed by atoms with Crippen molar-refractivity contribution in [1.29, 1.82) is 0 Å². The lowest BCUT2D eigenvalue weighted by Gasteiger charge is -2.35. The Bertz CT molecular complexity index is 993. The SMILES string of the molecule is Br.CC(C)CNCCN(Cc1ccc(CNCc2ccccn2)cc1)C1CCCc2cccnc21. The second kappa shape index (κ2) is 14.4. The van der Waals surface area contributed by atoms with Gasteiger partial charge in [0, 0.05) is 45.1 Å². The lowest BCUT2D eigenvalue weighted by molar-refractivity contribution is 0.166. The van der Waals surface area contributed by atoms with Crippen LogP contribution in [0, 0.1) is 5.92 Å². The van der Waals surface area contributed by atoms with E-state index in [9.17, 15) is 0 Å². The Morgan fingerprint density at radius 1 is 0.914 bits per heavy atom. The van der Waals surface area contributed by atoms with Crippen molar-refractivity contribution in [1.82, 2.24) is 25.5 Å². The van der Waals surface area contributed by atoms with Crippen LogP contribution < -0.4 is 10.6 Å². The van der Waals surface area contributed by atoms with Gasteiger partial charge in [-0.05, 0) is 66.6 Å². The summed E-state index contributed by atoms with van der Waals surface area (Å²) in [5, 5.41) is 7.13. The van der Waals surface area contributed by atoms with Crippen molar-refractivity contribution in [3.8, 4) is 0 Å². The molecule has 0 amide bonds. The number of fused-ring (bicyclic) bond motifs is 1. The molecular weight excluding hydrogens is 498 g/mol. The van der Waals surface area contributed by atoms with Crippen LogP contribution in [0.3, 0.4) is 0 Å². The highest BCUT2D eigenvalue weighted by molar-refractivity contribution is 8.93. The number of hydrogen-bond donors (Lipinski definition) is 2. The van der Waals surface area contributed by atoms with Gasteiger partial charge in [0.2, 0.25) is 0 Å². The Morgan fingerprint density at radius 2 is 1.71 bits per heavy atom. The first-order valence-electron chi connectivity index (χ1n) is 12.8. The van der Waals surface area contributed by atoms with Gasteiger partial charge in [0.25, 0.3) is 0 Å². The van der Waals surface area contributed by atoms with Gasteiger partial charge >= 0.3 is 0 Å². The van der Waals surface area contributed by atoms with Gasteiger partial charge in [-0.1, -0.05) is 50.2 Å². The van der Waals surface area contributed by atoms with Crippen LogP contribution in [0.1, 0.15) is 60.8 Å². The number of aryl methyl sites for hydroxylation is 1. The third kappa shape index (κ3) is 8.50. The van der Waals surface area contributed by atoms with Gasteiger partial charge in [0.15, 0.2) is 0 Å². The summed E-state index contributed by atoms with van der Waals surface area (Å²) in [5.74, 6) is 0.671. The molecule has 0 bridgehead atoms. The number of hydrogen-bond acceptors (Lipinski definition) is 5. The molecule has 188 valence electrons. The maximum Gasteiger partial charge on any atom is 0.0607 e. The van der Waals surface area contributed by atoms with Crippen molar-refractivity contribution in [3.63, 3.8) is 0 Å². The predicted octanol–water partition coefficient (Wildman–Crippen LogP) is 5.47. The fourth-order valence-corrected chi connectivity index (χ4v) is 4.73. The van der Waals surface area contributed by atoms with Crippen LogP contribution in [-0.4, -0.2) is 34.5 Å². The first-order chi connectivity index (χ1) is 16.7. The normalized spacial score (nSPS) is 15.1. The summed E-state index contributed by atoms with van der Waals surface area (Å²) in [7, 11) is 0. The molecule has 1 aromatic carbocycles. The fraction of sp³-hybridized carbons (Fsp3) is 0.448. The topological polar surface area (TPSA) is 53.1 Å². The van der Waals surface area contributed by atoms with Crippen LogP contribution >= 0.6 is 17.0 Å². The molecule has 1 aliphatic carbocycles. The van der Waals surface area contributed by atoms with Gasteiger partial charge in [-0.15, -0.1) is 17.0 Å². The Kier molecular flexibility index (Phi) is 11.3. The van der Waals surface area contributed by atoms with E-state index >= 15 is 0 Å². The molecule has 1 atom stereocenters. The van der Waals surface area contributed by atoms with E-state index in [0.717, 1.165) is 51.4 Å². The Balaban J connectivity index is 0.00000342. The average Bonchev–Trinajstić information content (AvgIpc) is 2.87. The molecule has 0 spiro atoms. The van der Waals surface area contributed by atoms with Crippen LogP contribution in [0.2, 0.25) is 0 Å². The Hall–Kier alpha value is -2.12. The molecule has 0 aliphatic heterocycles. The van der Waals surface area contributed by atoms with E-state index in [4.69, 9.17) is 4.98 Å². The van der Waals surface area contributed by atoms with E-state index in [1.54, 1.807) is 0 Å². The highest BCUT2D eigenvalue weighted by Gasteiger charge is 2.27. The summed E-state index contributed by atoms with van der Waals surface area (Å²) in [6, 6.07) is 19.9. The van der Waals surface area contributed by atoms with Crippen molar-refractivity contribution in [2.75, 3.05) is 19.6 Å². The van der Waals surface area contributed by atoms with Crippen LogP contribution in [0.25, 0.3) is 0 Å². The molecule has 2 heterocycles. The van der Waals surface area contributed by atoms with Crippen LogP contribution in [0.4, 0.5) is 0 Å². The summed E-state index contributed by atoms with van der Waals surface area (Å²) in [6.07, 6.45) is 7.37. The number of halogens is 1. The number of pyridine rings is 2. The lowest BCUT2D eigenvalue weighted by atomic mass is 9.90. The van der Waals surface area contributed by atoms with Crippen molar-refractivity contribution >= 4 is 17.0 Å². The quantitative estimate of drug-likeness (QED) is 0.300. The monoisotopic (exact) mass is 537 g/mol. The fourth-order valence-electron chi connectivity index (χ4n) is 4.73. The second-order valence-electron chi connectivity index (χ2n) is 9.77. The molecule has 35 heavy (non-hydrogen) atoms. The van der Waals surface area contributed by atoms with Crippen molar-refractivity contribution in [2.45, 2.75) is 58.8 Å². The molecule has 0 saturated heterocycles. The number of nitrogens with zero attached hydrogens (tertiary/aromatic N) is 3. The molecule has 1 unspecified atom stereocenters. The van der Waals surface area contributed by atoms with Crippen LogP contribution in [-0.2, 0) is 26.1 Å². The van der Waals surface area contributed by atoms with E-state index in [-0.39, 0.29) is 17.0 Å². The van der Waals surface area contributed by atoms with Crippen LogP contribution in [0.15, 0.2) is 67.0 Å². The molecule has 6 heteroatoms. The number of rotatable bonds is 12. The molecule has 0 fully saturated rings. The minimum Gasteiger partial charge on any atom is -0.315 e. The zero-order valence-electron chi connectivity index (χ0n) is 21.1. The Labute approximate surface area is 221 Å². The minimum absolute atomic E-state index is 0. The van der Waals surface area contributed by atoms with E-state index in [1.165, 1.54) is 35.2 Å². The van der Waals surface area contributed by atoms with Gasteiger partial charge in [-0.25, -0.2) is 0 Å². The molecule has 3 aromatic rings. The number of benzene rings is 1. The first-order valence-corrected chi connectivity index (χ1v) is 12.8. The van der Waals surface area contributed by atoms with E-state index in [2.05, 4.69) is 76.8 Å². The third-order valence-corrected chi connectivity index (χ3v) is 6.50. The molecule has 1 aliphatic rings. The van der Waals surface area contributed by atoms with Crippen molar-refractivity contribution in [2.24, 2.45) is 5.92 Å².